The molecule has 0 radical (unpaired) electrons. The highest BCUT2D eigenvalue weighted by atomic mass is 79.9. The number of benzene rings is 1. The molecule has 1 aromatic heterocycles. The molecule has 2 fully saturated rings. The quantitative estimate of drug-likeness (QED) is 0.689. The molecule has 0 spiro atoms. The average molecular weight is 436 g/mol. The van der Waals surface area contributed by atoms with Gasteiger partial charge in [0.25, 0.3) is 0 Å². The molecule has 26 heavy (non-hydrogen) atoms. The number of hydrogen-bond acceptors (Lipinski definition) is 2. The maximum Gasteiger partial charge on any atom is 0.177 e. The largest absolute Gasteiger partial charge is 0.334 e. The van der Waals surface area contributed by atoms with E-state index >= 15 is 0 Å². The molecule has 0 unspecified atom stereocenters. The van der Waals surface area contributed by atoms with Crippen molar-refractivity contribution in [2.45, 2.75) is 50.0 Å². The van der Waals surface area contributed by atoms with Crippen molar-refractivity contribution in [1.29, 1.82) is 0 Å². The maximum atomic E-state index is 14.5. The number of nitrogens with zero attached hydrogens (tertiary/aromatic N) is 2. The minimum Gasteiger partial charge on any atom is -0.334 e. The predicted octanol–water partition coefficient (Wildman–Crippen LogP) is 4.91. The van der Waals surface area contributed by atoms with Crippen molar-refractivity contribution in [3.05, 3.63) is 50.2 Å². The van der Waals surface area contributed by atoms with Crippen molar-refractivity contribution in [3.8, 4) is 0 Å². The van der Waals surface area contributed by atoms with Crippen LogP contribution in [0.4, 0.5) is 4.39 Å². The van der Waals surface area contributed by atoms with Crippen LogP contribution in [0.25, 0.3) is 0 Å². The van der Waals surface area contributed by atoms with Gasteiger partial charge in [-0.1, -0.05) is 22.4 Å². The molecule has 1 aliphatic carbocycles. The summed E-state index contributed by atoms with van der Waals surface area (Å²) in [6, 6.07) is 5.32. The second-order valence-electron chi connectivity index (χ2n) is 8.07. The summed E-state index contributed by atoms with van der Waals surface area (Å²) >= 11 is 9.10. The molecule has 3 nitrogen and oxygen atoms in total. The van der Waals surface area contributed by atoms with E-state index in [1.165, 1.54) is 43.7 Å². The van der Waals surface area contributed by atoms with Crippen LogP contribution in [0.1, 0.15) is 48.6 Å². The Balaban J connectivity index is 1.41. The van der Waals surface area contributed by atoms with Crippen molar-refractivity contribution in [1.82, 2.24) is 14.5 Å². The number of fused-ring (bicyclic) bond motifs is 3. The van der Waals surface area contributed by atoms with Crippen LogP contribution in [0.5, 0.6) is 0 Å². The number of hydrogen-bond donors (Lipinski definition) is 1. The van der Waals surface area contributed by atoms with Crippen LogP contribution in [-0.2, 0) is 18.4 Å². The molecular formula is C20H23BrFN3S. The van der Waals surface area contributed by atoms with E-state index in [1.54, 1.807) is 12.1 Å². The van der Waals surface area contributed by atoms with E-state index in [1.807, 2.05) is 6.07 Å². The van der Waals surface area contributed by atoms with Crippen molar-refractivity contribution >= 4 is 28.1 Å². The molecule has 3 heterocycles. The van der Waals surface area contributed by atoms with Crippen LogP contribution in [0.2, 0.25) is 0 Å². The summed E-state index contributed by atoms with van der Waals surface area (Å²) < 4.78 is 18.5. The van der Waals surface area contributed by atoms with Crippen LogP contribution in [0, 0.1) is 10.6 Å². The smallest absolute Gasteiger partial charge is 0.177 e. The maximum absolute atomic E-state index is 14.5. The van der Waals surface area contributed by atoms with Gasteiger partial charge in [-0.05, 0) is 68.3 Å². The van der Waals surface area contributed by atoms with Gasteiger partial charge >= 0.3 is 0 Å². The number of H-pyrrole nitrogens is 1. The SMILES string of the molecule is Fc1ccc(Br)cc1[C@]12C[C@H]1c1c(CCN3CCCCC3)[nH]c(=S)n1C2. The fraction of sp³-hybridized carbons (Fsp3) is 0.550. The highest BCUT2D eigenvalue weighted by Gasteiger charge is 2.63. The molecule has 2 aromatic rings. The fourth-order valence-electron chi connectivity index (χ4n) is 5.11. The number of nitrogens with one attached hydrogen (secondary N) is 1. The zero-order valence-corrected chi connectivity index (χ0v) is 17.1. The van der Waals surface area contributed by atoms with Crippen molar-refractivity contribution in [2.75, 3.05) is 19.6 Å². The van der Waals surface area contributed by atoms with Gasteiger partial charge in [-0.3, -0.25) is 0 Å². The summed E-state index contributed by atoms with van der Waals surface area (Å²) in [5.41, 5.74) is 3.37. The van der Waals surface area contributed by atoms with E-state index in [4.69, 9.17) is 12.2 Å². The molecule has 6 heteroatoms. The van der Waals surface area contributed by atoms with E-state index in [0.717, 1.165) is 40.7 Å². The summed E-state index contributed by atoms with van der Waals surface area (Å²) in [4.78, 5) is 6.02. The third-order valence-electron chi connectivity index (χ3n) is 6.54. The Bertz CT molecular complexity index is 914. The lowest BCUT2D eigenvalue weighted by molar-refractivity contribution is 0.231. The Labute approximate surface area is 166 Å². The highest BCUT2D eigenvalue weighted by Crippen LogP contribution is 2.66. The summed E-state index contributed by atoms with van der Waals surface area (Å²) in [6.07, 6.45) is 6.04. The third kappa shape index (κ3) is 2.64. The number of piperidine rings is 1. The Hall–Kier alpha value is -0.980. The Kier molecular flexibility index (Phi) is 4.14. The molecule has 1 saturated heterocycles. The summed E-state index contributed by atoms with van der Waals surface area (Å²) in [5.74, 6) is 0.307. The van der Waals surface area contributed by atoms with E-state index in [9.17, 15) is 4.39 Å². The summed E-state index contributed by atoms with van der Waals surface area (Å²) in [6.45, 7) is 4.33. The van der Waals surface area contributed by atoms with Gasteiger partial charge < -0.3 is 14.5 Å². The zero-order valence-electron chi connectivity index (χ0n) is 14.7. The normalized spacial score (nSPS) is 27.4. The monoisotopic (exact) mass is 435 g/mol. The van der Waals surface area contributed by atoms with Crippen LogP contribution in [0.15, 0.2) is 22.7 Å². The second kappa shape index (κ2) is 6.28. The van der Waals surface area contributed by atoms with Gasteiger partial charge in [0.15, 0.2) is 4.77 Å². The van der Waals surface area contributed by atoms with Crippen LogP contribution < -0.4 is 0 Å². The lowest BCUT2D eigenvalue weighted by Gasteiger charge is -2.26. The minimum absolute atomic E-state index is 0.0915. The molecule has 2 atom stereocenters. The van der Waals surface area contributed by atoms with Crippen molar-refractivity contribution < 1.29 is 4.39 Å². The van der Waals surface area contributed by atoms with Gasteiger partial charge in [0.2, 0.25) is 0 Å². The topological polar surface area (TPSA) is 24.0 Å². The van der Waals surface area contributed by atoms with E-state index in [-0.39, 0.29) is 11.2 Å². The highest BCUT2D eigenvalue weighted by molar-refractivity contribution is 9.10. The molecule has 1 N–H and O–H groups in total. The molecule has 3 aliphatic rings. The van der Waals surface area contributed by atoms with Crippen molar-refractivity contribution in [2.24, 2.45) is 0 Å². The molecular weight excluding hydrogens is 413 g/mol. The lowest BCUT2D eigenvalue weighted by Crippen LogP contribution is -2.31. The molecule has 1 saturated carbocycles. The first-order valence-corrected chi connectivity index (χ1v) is 10.8. The van der Waals surface area contributed by atoms with E-state index < -0.39 is 0 Å². The predicted molar refractivity (Wildman–Crippen MR) is 107 cm³/mol. The average Bonchev–Trinajstić information content (AvgIpc) is 3.14. The Morgan fingerprint density at radius 1 is 1.27 bits per heavy atom. The van der Waals surface area contributed by atoms with Gasteiger partial charge in [0.1, 0.15) is 5.82 Å². The Morgan fingerprint density at radius 3 is 2.88 bits per heavy atom. The first kappa shape index (κ1) is 17.1. The van der Waals surface area contributed by atoms with E-state index in [0.29, 0.717) is 5.92 Å². The third-order valence-corrected chi connectivity index (χ3v) is 7.36. The summed E-state index contributed by atoms with van der Waals surface area (Å²) in [5, 5.41) is 0. The summed E-state index contributed by atoms with van der Waals surface area (Å²) in [7, 11) is 0. The number of aromatic amines is 1. The van der Waals surface area contributed by atoms with Crippen LogP contribution in [0.3, 0.4) is 0 Å². The first-order chi connectivity index (χ1) is 12.6. The molecule has 0 amide bonds. The van der Waals surface area contributed by atoms with Crippen LogP contribution >= 0.6 is 28.1 Å². The zero-order chi connectivity index (χ0) is 17.9. The van der Waals surface area contributed by atoms with Gasteiger partial charge in [-0.2, -0.15) is 0 Å². The van der Waals surface area contributed by atoms with Crippen molar-refractivity contribution in [3.63, 3.8) is 0 Å². The fourth-order valence-corrected chi connectivity index (χ4v) is 5.76. The number of likely N-dealkylation sites (tertiary alicyclic amines) is 1. The Morgan fingerprint density at radius 2 is 2.08 bits per heavy atom. The van der Waals surface area contributed by atoms with Gasteiger partial charge in [-0.25, -0.2) is 4.39 Å². The lowest BCUT2D eigenvalue weighted by atomic mass is 9.93. The first-order valence-electron chi connectivity index (χ1n) is 9.58. The molecule has 0 bridgehead atoms. The minimum atomic E-state index is -0.0915. The number of aromatic nitrogens is 2. The van der Waals surface area contributed by atoms with Gasteiger partial charge in [0.05, 0.1) is 0 Å². The standard InChI is InChI=1S/C20H23BrFN3S/c21-13-4-5-16(22)14(10-13)20-11-15(20)18-17(23-19(26)25(18)12-20)6-9-24-7-2-1-3-8-24/h4-5,10,15H,1-3,6-9,11-12H2,(H,23,26)/t15-,20+/m0/s1. The molecule has 1 aromatic carbocycles. The van der Waals surface area contributed by atoms with Gasteiger partial charge in [-0.15, -0.1) is 0 Å². The molecule has 138 valence electrons. The number of rotatable bonds is 4. The van der Waals surface area contributed by atoms with E-state index in [2.05, 4.69) is 30.4 Å². The molecule has 2 aliphatic heterocycles. The second-order valence-corrected chi connectivity index (χ2v) is 9.37. The number of halogens is 2. The van der Waals surface area contributed by atoms with Gasteiger partial charge in [0, 0.05) is 46.7 Å². The molecule has 5 rings (SSSR count). The number of imidazole rings is 1. The van der Waals surface area contributed by atoms with Crippen LogP contribution in [-0.4, -0.2) is 34.1 Å².